The molecule has 0 radical (unpaired) electrons. The number of hydrogen-bond donors (Lipinski definition) is 2. The first-order valence-electron chi connectivity index (χ1n) is 9.42. The molecule has 4 rings (SSSR count). The number of benzene rings is 1. The van der Waals surface area contributed by atoms with Crippen LogP contribution in [0.2, 0.25) is 0 Å². The van der Waals surface area contributed by atoms with E-state index in [1.54, 1.807) is 22.9 Å². The van der Waals surface area contributed by atoms with E-state index < -0.39 is 17.2 Å². The summed E-state index contributed by atoms with van der Waals surface area (Å²) >= 11 is 0. The summed E-state index contributed by atoms with van der Waals surface area (Å²) in [5, 5.41) is 7.03. The molecule has 156 valence electrons. The van der Waals surface area contributed by atoms with Crippen LogP contribution in [0.25, 0.3) is 0 Å². The number of H-pyrrole nitrogens is 1. The molecule has 1 aliphatic heterocycles. The lowest BCUT2D eigenvalue weighted by Crippen LogP contribution is -2.41. The lowest BCUT2D eigenvalue weighted by Gasteiger charge is -2.09. The van der Waals surface area contributed by atoms with Crippen LogP contribution in [0, 0.1) is 13.8 Å². The predicted molar refractivity (Wildman–Crippen MR) is 107 cm³/mol. The largest absolute Gasteiger partial charge is 0.454 e. The number of carbonyl (C=O) groups is 1. The van der Waals surface area contributed by atoms with Crippen LogP contribution in [0.5, 0.6) is 11.5 Å². The number of hydrogen-bond acceptors (Lipinski definition) is 6. The van der Waals surface area contributed by atoms with Gasteiger partial charge in [-0.2, -0.15) is 5.10 Å². The highest BCUT2D eigenvalue weighted by Crippen LogP contribution is 2.32. The second kappa shape index (κ2) is 7.90. The molecular weight excluding hydrogens is 390 g/mol. The Morgan fingerprint density at radius 1 is 1.20 bits per heavy atom. The van der Waals surface area contributed by atoms with Crippen molar-refractivity contribution >= 4 is 5.91 Å². The number of aromatic nitrogens is 4. The highest BCUT2D eigenvalue weighted by molar-refractivity contribution is 5.93. The van der Waals surface area contributed by atoms with Crippen LogP contribution in [-0.4, -0.2) is 38.6 Å². The van der Waals surface area contributed by atoms with Gasteiger partial charge in [-0.1, -0.05) is 6.07 Å². The van der Waals surface area contributed by atoms with E-state index in [0.717, 1.165) is 22.2 Å². The number of fused-ring (bicyclic) bond motifs is 1. The van der Waals surface area contributed by atoms with Gasteiger partial charge >= 0.3 is 5.69 Å². The molecular formula is C20H21N5O5. The van der Waals surface area contributed by atoms with Gasteiger partial charge in [-0.25, -0.2) is 4.79 Å². The monoisotopic (exact) mass is 411 g/mol. The van der Waals surface area contributed by atoms with Crippen molar-refractivity contribution in [3.63, 3.8) is 0 Å². The van der Waals surface area contributed by atoms with Gasteiger partial charge in [0, 0.05) is 18.4 Å². The number of aryl methyl sites for hydroxylation is 2. The summed E-state index contributed by atoms with van der Waals surface area (Å²) in [6.45, 7) is 4.72. The van der Waals surface area contributed by atoms with Gasteiger partial charge in [0.1, 0.15) is 5.56 Å². The molecule has 0 bridgehead atoms. The van der Waals surface area contributed by atoms with Crippen LogP contribution in [0.3, 0.4) is 0 Å². The fourth-order valence-corrected chi connectivity index (χ4v) is 3.31. The molecule has 3 heterocycles. The smallest absolute Gasteiger partial charge is 0.328 e. The molecule has 2 aromatic heterocycles. The van der Waals surface area contributed by atoms with Gasteiger partial charge in [-0.05, 0) is 37.6 Å². The number of amides is 1. The normalized spacial score (nSPS) is 12.2. The lowest BCUT2D eigenvalue weighted by atomic mass is 10.2. The standard InChI is InChI=1S/C20H21N5O5/c1-12-7-13(2)25(23-12)6-5-21-18(26)15-9-22-20(28)24(19(15)27)10-14-3-4-16-17(8-14)30-11-29-16/h3-4,7-9H,5-6,10-11H2,1-2H3,(H,21,26)(H,22,28). The fraction of sp³-hybridized carbons (Fsp3) is 0.300. The van der Waals surface area contributed by atoms with Crippen LogP contribution in [0.4, 0.5) is 0 Å². The third kappa shape index (κ3) is 3.84. The molecule has 1 amide bonds. The molecule has 2 N–H and O–H groups in total. The summed E-state index contributed by atoms with van der Waals surface area (Å²) in [7, 11) is 0. The van der Waals surface area contributed by atoms with Gasteiger partial charge in [-0.15, -0.1) is 0 Å². The van der Waals surface area contributed by atoms with Crippen LogP contribution < -0.4 is 26.0 Å². The molecule has 0 saturated heterocycles. The summed E-state index contributed by atoms with van der Waals surface area (Å²) in [5.41, 5.74) is 1.15. The zero-order valence-electron chi connectivity index (χ0n) is 16.6. The minimum Gasteiger partial charge on any atom is -0.454 e. The Morgan fingerprint density at radius 2 is 2.00 bits per heavy atom. The molecule has 0 saturated carbocycles. The third-order valence-electron chi connectivity index (χ3n) is 4.80. The third-order valence-corrected chi connectivity index (χ3v) is 4.80. The molecule has 3 aromatic rings. The van der Waals surface area contributed by atoms with E-state index in [1.807, 2.05) is 19.9 Å². The number of nitrogens with zero attached hydrogens (tertiary/aromatic N) is 3. The van der Waals surface area contributed by atoms with Crippen LogP contribution in [0.1, 0.15) is 27.3 Å². The fourth-order valence-electron chi connectivity index (χ4n) is 3.31. The van der Waals surface area contributed by atoms with Crippen molar-refractivity contribution in [2.24, 2.45) is 0 Å². The SMILES string of the molecule is Cc1cc(C)n(CCNC(=O)c2c[nH]c(=O)n(Cc3ccc4c(c3)OCO4)c2=O)n1. The summed E-state index contributed by atoms with van der Waals surface area (Å²) in [6.07, 6.45) is 1.14. The Morgan fingerprint density at radius 3 is 2.77 bits per heavy atom. The van der Waals surface area contributed by atoms with Gasteiger partial charge in [-0.3, -0.25) is 18.8 Å². The maximum absolute atomic E-state index is 12.8. The van der Waals surface area contributed by atoms with Crippen molar-refractivity contribution in [2.75, 3.05) is 13.3 Å². The molecule has 0 atom stereocenters. The first-order chi connectivity index (χ1) is 14.4. The zero-order chi connectivity index (χ0) is 21.3. The molecule has 30 heavy (non-hydrogen) atoms. The van der Waals surface area contributed by atoms with Gasteiger partial charge in [0.15, 0.2) is 11.5 Å². The minimum absolute atomic E-state index is 0.00230. The maximum Gasteiger partial charge on any atom is 0.328 e. The topological polar surface area (TPSA) is 120 Å². The lowest BCUT2D eigenvalue weighted by molar-refractivity contribution is 0.0949. The second-order valence-corrected chi connectivity index (χ2v) is 6.99. The van der Waals surface area contributed by atoms with E-state index in [-0.39, 0.29) is 18.9 Å². The predicted octanol–water partition coefficient (Wildman–Crippen LogP) is 0.557. The maximum atomic E-state index is 12.8. The Kier molecular flexibility index (Phi) is 5.13. The minimum atomic E-state index is -0.667. The van der Waals surface area contributed by atoms with Gasteiger partial charge in [0.2, 0.25) is 6.79 Å². The van der Waals surface area contributed by atoms with Crippen LogP contribution >= 0.6 is 0 Å². The van der Waals surface area contributed by atoms with Crippen molar-refractivity contribution in [3.8, 4) is 11.5 Å². The molecule has 1 aromatic carbocycles. The molecule has 1 aliphatic rings. The van der Waals surface area contributed by atoms with E-state index in [2.05, 4.69) is 15.4 Å². The van der Waals surface area contributed by atoms with Crippen molar-refractivity contribution in [3.05, 3.63) is 73.8 Å². The summed E-state index contributed by atoms with van der Waals surface area (Å²) in [4.78, 5) is 39.9. The van der Waals surface area contributed by atoms with Crippen molar-refractivity contribution < 1.29 is 14.3 Å². The summed E-state index contributed by atoms with van der Waals surface area (Å²) < 4.78 is 13.3. The second-order valence-electron chi connectivity index (χ2n) is 6.99. The average Bonchev–Trinajstić information content (AvgIpc) is 3.30. The molecule has 10 nitrogen and oxygen atoms in total. The number of carbonyl (C=O) groups excluding carboxylic acids is 1. The van der Waals surface area contributed by atoms with Crippen molar-refractivity contribution in [2.45, 2.75) is 26.9 Å². The van der Waals surface area contributed by atoms with E-state index in [4.69, 9.17) is 9.47 Å². The number of rotatable bonds is 6. The van der Waals surface area contributed by atoms with Crippen molar-refractivity contribution in [1.82, 2.24) is 24.6 Å². The molecule has 0 spiro atoms. The first-order valence-corrected chi connectivity index (χ1v) is 9.42. The van der Waals surface area contributed by atoms with Crippen LogP contribution in [0.15, 0.2) is 40.1 Å². The number of aromatic amines is 1. The van der Waals surface area contributed by atoms with Gasteiger partial charge < -0.3 is 19.8 Å². The Hall–Kier alpha value is -3.82. The number of ether oxygens (including phenoxy) is 2. The Balaban J connectivity index is 1.49. The molecule has 0 aliphatic carbocycles. The van der Waals surface area contributed by atoms with E-state index in [1.165, 1.54) is 0 Å². The Labute approximate surface area is 171 Å². The van der Waals surface area contributed by atoms with E-state index in [0.29, 0.717) is 30.2 Å². The highest BCUT2D eigenvalue weighted by atomic mass is 16.7. The van der Waals surface area contributed by atoms with E-state index >= 15 is 0 Å². The highest BCUT2D eigenvalue weighted by Gasteiger charge is 2.17. The first kappa shape index (κ1) is 19.5. The zero-order valence-corrected chi connectivity index (χ0v) is 16.6. The molecule has 10 heteroatoms. The molecule has 0 unspecified atom stereocenters. The van der Waals surface area contributed by atoms with Crippen molar-refractivity contribution in [1.29, 1.82) is 0 Å². The summed E-state index contributed by atoms with van der Waals surface area (Å²) in [5.74, 6) is 0.600. The quantitative estimate of drug-likeness (QED) is 0.611. The van der Waals surface area contributed by atoms with Gasteiger partial charge in [0.05, 0.1) is 18.8 Å². The average molecular weight is 411 g/mol. The molecule has 0 fully saturated rings. The summed E-state index contributed by atoms with van der Waals surface area (Å²) in [6, 6.07) is 7.10. The van der Waals surface area contributed by atoms with Gasteiger partial charge in [0.25, 0.3) is 11.5 Å². The van der Waals surface area contributed by atoms with E-state index in [9.17, 15) is 14.4 Å². The van der Waals surface area contributed by atoms with Crippen LogP contribution in [-0.2, 0) is 13.1 Å². The Bertz CT molecular complexity index is 1220. The number of nitrogens with one attached hydrogen (secondary N) is 2.